The summed E-state index contributed by atoms with van der Waals surface area (Å²) in [4.78, 5) is 2.25. The number of rotatable bonds is 4. The third-order valence-corrected chi connectivity index (χ3v) is 5.19. The number of aliphatic hydroxyl groups excluding tert-OH is 1. The van der Waals surface area contributed by atoms with E-state index in [2.05, 4.69) is 59.9 Å². The molecule has 0 aliphatic carbocycles. The molecule has 1 saturated heterocycles. The standard InChI is InChI=1S/C17H26BrNO2/c1-16(2)13(15(20)17(3,4)21-16)11-19(5)10-12-8-6-7-9-14(12)18/h6-9,13,15,20H,10-11H2,1-5H3. The second-order valence-corrected chi connectivity index (χ2v) is 8.00. The molecule has 4 heteroatoms. The van der Waals surface area contributed by atoms with Crippen molar-refractivity contribution in [2.75, 3.05) is 13.6 Å². The first kappa shape index (κ1) is 16.9. The van der Waals surface area contributed by atoms with Crippen LogP contribution < -0.4 is 0 Å². The molecule has 0 radical (unpaired) electrons. The van der Waals surface area contributed by atoms with E-state index in [-0.39, 0.29) is 11.5 Å². The molecule has 0 amide bonds. The van der Waals surface area contributed by atoms with E-state index in [0.717, 1.165) is 17.6 Å². The van der Waals surface area contributed by atoms with Crippen molar-refractivity contribution in [3.05, 3.63) is 34.3 Å². The molecule has 1 heterocycles. The first-order chi connectivity index (χ1) is 9.63. The Bertz CT molecular complexity index is 501. The minimum Gasteiger partial charge on any atom is -0.390 e. The van der Waals surface area contributed by atoms with Gasteiger partial charge in [-0.3, -0.25) is 0 Å². The van der Waals surface area contributed by atoms with Crippen molar-refractivity contribution in [1.29, 1.82) is 0 Å². The fourth-order valence-electron chi connectivity index (χ4n) is 3.32. The lowest BCUT2D eigenvalue weighted by atomic mass is 9.84. The normalized spacial score (nSPS) is 27.2. The van der Waals surface area contributed by atoms with Crippen molar-refractivity contribution >= 4 is 15.9 Å². The number of aliphatic hydroxyl groups is 1. The van der Waals surface area contributed by atoms with Crippen LogP contribution in [0.2, 0.25) is 0 Å². The van der Waals surface area contributed by atoms with E-state index in [1.165, 1.54) is 5.56 Å². The van der Waals surface area contributed by atoms with Crippen LogP contribution in [0.3, 0.4) is 0 Å². The van der Waals surface area contributed by atoms with Gasteiger partial charge in [0.05, 0.1) is 17.3 Å². The molecule has 1 aromatic rings. The first-order valence-electron chi connectivity index (χ1n) is 7.43. The minimum atomic E-state index is -0.484. The molecule has 0 saturated carbocycles. The van der Waals surface area contributed by atoms with Crippen LogP contribution in [0.15, 0.2) is 28.7 Å². The fourth-order valence-corrected chi connectivity index (χ4v) is 3.73. The Morgan fingerprint density at radius 2 is 1.81 bits per heavy atom. The number of benzene rings is 1. The average Bonchev–Trinajstić information content (AvgIpc) is 2.50. The van der Waals surface area contributed by atoms with E-state index in [9.17, 15) is 5.11 Å². The molecule has 1 aromatic carbocycles. The van der Waals surface area contributed by atoms with Crippen molar-refractivity contribution < 1.29 is 9.84 Å². The second-order valence-electron chi connectivity index (χ2n) is 7.15. The fraction of sp³-hybridized carbons (Fsp3) is 0.647. The van der Waals surface area contributed by atoms with E-state index in [1.54, 1.807) is 0 Å². The van der Waals surface area contributed by atoms with Crippen LogP contribution in [-0.4, -0.2) is 40.9 Å². The molecule has 118 valence electrons. The third-order valence-electron chi connectivity index (χ3n) is 4.42. The molecule has 1 aliphatic rings. The highest BCUT2D eigenvalue weighted by Gasteiger charge is 2.53. The number of hydrogen-bond acceptors (Lipinski definition) is 3. The van der Waals surface area contributed by atoms with E-state index >= 15 is 0 Å². The molecule has 0 spiro atoms. The van der Waals surface area contributed by atoms with Crippen LogP contribution in [-0.2, 0) is 11.3 Å². The maximum atomic E-state index is 10.6. The number of halogens is 1. The molecule has 1 fully saturated rings. The van der Waals surface area contributed by atoms with Gasteiger partial charge in [0, 0.05) is 23.5 Å². The van der Waals surface area contributed by atoms with Gasteiger partial charge >= 0.3 is 0 Å². The van der Waals surface area contributed by atoms with Gasteiger partial charge in [-0.1, -0.05) is 34.1 Å². The highest BCUT2D eigenvalue weighted by Crippen LogP contribution is 2.42. The second kappa shape index (κ2) is 5.99. The van der Waals surface area contributed by atoms with Crippen molar-refractivity contribution in [3.63, 3.8) is 0 Å². The first-order valence-corrected chi connectivity index (χ1v) is 8.23. The number of nitrogens with zero attached hydrogens (tertiary/aromatic N) is 1. The molecule has 0 aromatic heterocycles. The molecule has 2 unspecified atom stereocenters. The predicted molar refractivity (Wildman–Crippen MR) is 89.2 cm³/mol. The van der Waals surface area contributed by atoms with Gasteiger partial charge < -0.3 is 14.7 Å². The van der Waals surface area contributed by atoms with Crippen LogP contribution in [0.1, 0.15) is 33.3 Å². The largest absolute Gasteiger partial charge is 0.390 e. The zero-order valence-electron chi connectivity index (χ0n) is 13.6. The summed E-state index contributed by atoms with van der Waals surface area (Å²) in [6, 6.07) is 8.25. The van der Waals surface area contributed by atoms with Crippen molar-refractivity contribution in [3.8, 4) is 0 Å². The van der Waals surface area contributed by atoms with Crippen LogP contribution in [0.4, 0.5) is 0 Å². The molecule has 2 rings (SSSR count). The predicted octanol–water partition coefficient (Wildman–Crippen LogP) is 3.45. The molecular weight excluding hydrogens is 330 g/mol. The Hall–Kier alpha value is -0.420. The quantitative estimate of drug-likeness (QED) is 0.897. The van der Waals surface area contributed by atoms with E-state index in [4.69, 9.17) is 4.74 Å². The third kappa shape index (κ3) is 3.67. The smallest absolute Gasteiger partial charge is 0.0896 e. The molecule has 2 atom stereocenters. The van der Waals surface area contributed by atoms with Crippen LogP contribution in [0.5, 0.6) is 0 Å². The van der Waals surface area contributed by atoms with Gasteiger partial charge in [0.25, 0.3) is 0 Å². The Balaban J connectivity index is 2.06. The van der Waals surface area contributed by atoms with E-state index < -0.39 is 11.7 Å². The maximum Gasteiger partial charge on any atom is 0.0896 e. The average molecular weight is 356 g/mol. The van der Waals surface area contributed by atoms with Crippen LogP contribution >= 0.6 is 15.9 Å². The van der Waals surface area contributed by atoms with Gasteiger partial charge in [0.1, 0.15) is 0 Å². The van der Waals surface area contributed by atoms with Gasteiger partial charge in [0.15, 0.2) is 0 Å². The van der Waals surface area contributed by atoms with Crippen molar-refractivity contribution in [2.24, 2.45) is 5.92 Å². The van der Waals surface area contributed by atoms with Gasteiger partial charge in [0.2, 0.25) is 0 Å². The highest BCUT2D eigenvalue weighted by atomic mass is 79.9. The van der Waals surface area contributed by atoms with Gasteiger partial charge in [-0.25, -0.2) is 0 Å². The Labute approximate surface area is 136 Å². The lowest BCUT2D eigenvalue weighted by molar-refractivity contribution is -0.0912. The SMILES string of the molecule is CN(Cc1ccccc1Br)CC1C(O)C(C)(C)OC1(C)C. The van der Waals surface area contributed by atoms with Crippen LogP contribution in [0.25, 0.3) is 0 Å². The summed E-state index contributed by atoms with van der Waals surface area (Å²) in [5.41, 5.74) is 0.457. The molecule has 1 N–H and O–H groups in total. The maximum absolute atomic E-state index is 10.6. The zero-order chi connectivity index (χ0) is 15.8. The number of ether oxygens (including phenoxy) is 1. The summed E-state index contributed by atoms with van der Waals surface area (Å²) in [5.74, 6) is 0.0972. The van der Waals surface area contributed by atoms with Gasteiger partial charge in [-0.05, 0) is 46.4 Å². The van der Waals surface area contributed by atoms with Gasteiger partial charge in [-0.2, -0.15) is 0 Å². The molecule has 0 bridgehead atoms. The van der Waals surface area contributed by atoms with Crippen molar-refractivity contribution in [1.82, 2.24) is 4.90 Å². The van der Waals surface area contributed by atoms with E-state index in [1.807, 2.05) is 19.9 Å². The molecule has 1 aliphatic heterocycles. The molecule has 3 nitrogen and oxygen atoms in total. The highest BCUT2D eigenvalue weighted by molar-refractivity contribution is 9.10. The molecule has 21 heavy (non-hydrogen) atoms. The minimum absolute atomic E-state index is 0.0972. The van der Waals surface area contributed by atoms with Crippen molar-refractivity contribution in [2.45, 2.75) is 51.5 Å². The van der Waals surface area contributed by atoms with Crippen LogP contribution in [0, 0.1) is 5.92 Å². The number of hydrogen-bond donors (Lipinski definition) is 1. The summed E-state index contributed by atoms with van der Waals surface area (Å²) >= 11 is 3.59. The Kier molecular flexibility index (Phi) is 4.84. The topological polar surface area (TPSA) is 32.7 Å². The summed E-state index contributed by atoms with van der Waals surface area (Å²) in [5, 5.41) is 10.6. The van der Waals surface area contributed by atoms with E-state index in [0.29, 0.717) is 0 Å². The summed E-state index contributed by atoms with van der Waals surface area (Å²) in [6.07, 6.45) is -0.450. The monoisotopic (exact) mass is 355 g/mol. The lowest BCUT2D eigenvalue weighted by Crippen LogP contribution is -2.42. The summed E-state index contributed by atoms with van der Waals surface area (Å²) in [7, 11) is 2.09. The Morgan fingerprint density at radius 3 is 2.33 bits per heavy atom. The summed E-state index contributed by atoms with van der Waals surface area (Å²) in [6.45, 7) is 9.73. The lowest BCUT2D eigenvalue weighted by Gasteiger charge is -2.31. The summed E-state index contributed by atoms with van der Waals surface area (Å²) < 4.78 is 7.17. The molecular formula is C17H26BrNO2. The van der Waals surface area contributed by atoms with Gasteiger partial charge in [-0.15, -0.1) is 0 Å². The Morgan fingerprint density at radius 1 is 1.19 bits per heavy atom. The zero-order valence-corrected chi connectivity index (χ0v) is 15.1.